The molecule has 21 heavy (non-hydrogen) atoms. The Balaban J connectivity index is 2.03. The molecule has 0 aliphatic rings. The van der Waals surface area contributed by atoms with Gasteiger partial charge < -0.3 is 4.57 Å². The maximum Gasteiger partial charge on any atom is 0.270 e. The third kappa shape index (κ3) is 2.45. The molecule has 0 radical (unpaired) electrons. The quantitative estimate of drug-likeness (QED) is 0.549. The highest BCUT2D eigenvalue weighted by Gasteiger charge is 2.13. The Labute approximate surface area is 125 Å². The summed E-state index contributed by atoms with van der Waals surface area (Å²) < 4.78 is 1.93. The summed E-state index contributed by atoms with van der Waals surface area (Å²) in [6.07, 6.45) is 1.71. The molecule has 0 N–H and O–H groups in total. The van der Waals surface area contributed by atoms with E-state index in [1.165, 1.54) is 12.1 Å². The molecule has 0 fully saturated rings. The van der Waals surface area contributed by atoms with Crippen molar-refractivity contribution in [3.8, 4) is 0 Å². The third-order valence-electron chi connectivity index (χ3n) is 3.27. The average molecular weight is 303 g/mol. The molecule has 0 spiro atoms. The lowest BCUT2D eigenvalue weighted by atomic mass is 10.2. The van der Waals surface area contributed by atoms with Crippen molar-refractivity contribution < 1.29 is 4.92 Å². The number of nitrogens with zero attached hydrogens (tertiary/aromatic N) is 4. The summed E-state index contributed by atoms with van der Waals surface area (Å²) in [5, 5.41) is 11.1. The summed E-state index contributed by atoms with van der Waals surface area (Å²) in [6.45, 7) is 2.36. The molecule has 0 saturated carbocycles. The molecule has 106 valence electrons. The molecule has 1 aromatic carbocycles. The maximum absolute atomic E-state index is 10.7. The molecule has 0 aliphatic heterocycles. The monoisotopic (exact) mass is 302 g/mol. The summed E-state index contributed by atoms with van der Waals surface area (Å²) in [4.78, 5) is 19.0. The molecule has 0 aliphatic carbocycles. The number of fused-ring (bicyclic) bond motifs is 1. The number of non-ortho nitro benzene ring substituents is 1. The van der Waals surface area contributed by atoms with Crippen molar-refractivity contribution in [3.63, 3.8) is 0 Å². The number of rotatable bonds is 3. The van der Waals surface area contributed by atoms with Gasteiger partial charge in [0.1, 0.15) is 11.3 Å². The van der Waals surface area contributed by atoms with Crippen molar-refractivity contribution in [3.05, 3.63) is 63.1 Å². The van der Waals surface area contributed by atoms with Gasteiger partial charge in [-0.05, 0) is 30.7 Å². The Morgan fingerprint density at radius 3 is 2.90 bits per heavy atom. The van der Waals surface area contributed by atoms with Crippen LogP contribution in [0.25, 0.3) is 11.2 Å². The van der Waals surface area contributed by atoms with E-state index in [1.54, 1.807) is 12.3 Å². The van der Waals surface area contributed by atoms with Crippen molar-refractivity contribution in [2.45, 2.75) is 13.5 Å². The average Bonchev–Trinajstić information content (AvgIpc) is 2.77. The Kier molecular flexibility index (Phi) is 3.31. The lowest BCUT2D eigenvalue weighted by Crippen LogP contribution is -2.03. The highest BCUT2D eigenvalue weighted by Crippen LogP contribution is 2.24. The minimum atomic E-state index is -0.463. The normalized spacial score (nSPS) is 11.0. The zero-order chi connectivity index (χ0) is 15.0. The molecule has 6 nitrogen and oxygen atoms in total. The van der Waals surface area contributed by atoms with Crippen molar-refractivity contribution in [1.82, 2.24) is 14.5 Å². The van der Waals surface area contributed by atoms with Crippen molar-refractivity contribution in [2.24, 2.45) is 0 Å². The van der Waals surface area contributed by atoms with Crippen LogP contribution in [0.5, 0.6) is 0 Å². The van der Waals surface area contributed by atoms with Crippen LogP contribution in [-0.4, -0.2) is 19.5 Å². The van der Waals surface area contributed by atoms with Gasteiger partial charge in [0.2, 0.25) is 0 Å². The Hall–Kier alpha value is -2.47. The summed E-state index contributed by atoms with van der Waals surface area (Å²) >= 11 is 6.14. The zero-order valence-corrected chi connectivity index (χ0v) is 11.9. The summed E-state index contributed by atoms with van der Waals surface area (Å²) in [5.74, 6) is 0.818. The van der Waals surface area contributed by atoms with Gasteiger partial charge in [-0.1, -0.05) is 11.6 Å². The van der Waals surface area contributed by atoms with Crippen LogP contribution in [0.2, 0.25) is 5.02 Å². The van der Waals surface area contributed by atoms with Crippen LogP contribution in [0.3, 0.4) is 0 Å². The second-order valence-corrected chi connectivity index (χ2v) is 5.03. The Bertz CT molecular complexity index is 844. The van der Waals surface area contributed by atoms with E-state index in [0.717, 1.165) is 22.6 Å². The number of benzene rings is 1. The topological polar surface area (TPSA) is 73.8 Å². The number of aromatic nitrogens is 3. The largest absolute Gasteiger partial charge is 0.308 e. The lowest BCUT2D eigenvalue weighted by molar-refractivity contribution is -0.384. The maximum atomic E-state index is 10.7. The van der Waals surface area contributed by atoms with Crippen molar-refractivity contribution in [2.75, 3.05) is 0 Å². The van der Waals surface area contributed by atoms with Gasteiger partial charge >= 0.3 is 0 Å². The van der Waals surface area contributed by atoms with E-state index in [2.05, 4.69) is 9.97 Å². The van der Waals surface area contributed by atoms with Gasteiger partial charge in [-0.3, -0.25) is 10.1 Å². The number of hydrogen-bond acceptors (Lipinski definition) is 4. The van der Waals surface area contributed by atoms with Gasteiger partial charge in [-0.15, -0.1) is 0 Å². The van der Waals surface area contributed by atoms with Gasteiger partial charge in [0.25, 0.3) is 5.69 Å². The summed E-state index contributed by atoms with van der Waals surface area (Å²) in [5.41, 5.74) is 2.35. The molecule has 0 bridgehead atoms. The molecule has 3 rings (SSSR count). The number of imidazole rings is 1. The summed E-state index contributed by atoms with van der Waals surface area (Å²) in [7, 11) is 0. The highest BCUT2D eigenvalue weighted by molar-refractivity contribution is 6.31. The van der Waals surface area contributed by atoms with Crippen LogP contribution in [0.1, 0.15) is 11.4 Å². The number of nitro groups is 1. The van der Waals surface area contributed by atoms with E-state index >= 15 is 0 Å². The molecule has 7 heteroatoms. The third-order valence-corrected chi connectivity index (χ3v) is 3.62. The number of pyridine rings is 1. The Morgan fingerprint density at radius 2 is 2.19 bits per heavy atom. The molecule has 0 saturated heterocycles. The minimum absolute atomic E-state index is 0.0194. The molecule has 2 heterocycles. The Morgan fingerprint density at radius 1 is 1.38 bits per heavy atom. The van der Waals surface area contributed by atoms with E-state index < -0.39 is 4.92 Å². The van der Waals surface area contributed by atoms with E-state index in [0.29, 0.717) is 11.6 Å². The minimum Gasteiger partial charge on any atom is -0.308 e. The van der Waals surface area contributed by atoms with Gasteiger partial charge in [0, 0.05) is 18.3 Å². The van der Waals surface area contributed by atoms with E-state index in [9.17, 15) is 10.1 Å². The predicted octanol–water partition coefficient (Wildman–Crippen LogP) is 3.35. The number of nitro benzene ring substituents is 1. The molecule has 0 amide bonds. The van der Waals surface area contributed by atoms with Crippen LogP contribution in [0, 0.1) is 17.0 Å². The van der Waals surface area contributed by atoms with Gasteiger partial charge in [0.05, 0.1) is 16.5 Å². The fraction of sp³-hybridized carbons (Fsp3) is 0.143. The fourth-order valence-electron chi connectivity index (χ4n) is 2.21. The first-order valence-electron chi connectivity index (χ1n) is 6.27. The molecule has 0 unspecified atom stereocenters. The van der Waals surface area contributed by atoms with Crippen molar-refractivity contribution >= 4 is 28.5 Å². The van der Waals surface area contributed by atoms with E-state index in [1.807, 2.05) is 23.6 Å². The van der Waals surface area contributed by atoms with E-state index in [4.69, 9.17) is 11.6 Å². The fourth-order valence-corrected chi connectivity index (χ4v) is 2.44. The van der Waals surface area contributed by atoms with Crippen LogP contribution in [0.15, 0.2) is 36.5 Å². The first-order valence-corrected chi connectivity index (χ1v) is 6.65. The van der Waals surface area contributed by atoms with Crippen LogP contribution < -0.4 is 0 Å². The molecule has 3 aromatic rings. The van der Waals surface area contributed by atoms with Crippen LogP contribution in [-0.2, 0) is 6.54 Å². The second kappa shape index (κ2) is 5.14. The number of aryl methyl sites for hydroxylation is 1. The molecular weight excluding hydrogens is 292 g/mol. The molecule has 2 aromatic heterocycles. The molecule has 0 atom stereocenters. The second-order valence-electron chi connectivity index (χ2n) is 4.62. The zero-order valence-electron chi connectivity index (χ0n) is 11.2. The number of halogens is 1. The summed E-state index contributed by atoms with van der Waals surface area (Å²) in [6, 6.07) is 8.19. The lowest BCUT2D eigenvalue weighted by Gasteiger charge is -2.08. The first-order chi connectivity index (χ1) is 10.1. The standard InChI is InChI=1S/C14H11ClN4O2/c1-9-17-13-3-2-6-16-14(13)18(9)8-10-4-5-11(19(20)21)7-12(10)15/h2-7H,8H2,1H3. The molecular formula is C14H11ClN4O2. The SMILES string of the molecule is Cc1nc2cccnc2n1Cc1ccc([N+](=O)[O-])cc1Cl. The highest BCUT2D eigenvalue weighted by atomic mass is 35.5. The van der Waals surface area contributed by atoms with Crippen LogP contribution >= 0.6 is 11.6 Å². The number of hydrogen-bond donors (Lipinski definition) is 0. The predicted molar refractivity (Wildman–Crippen MR) is 79.5 cm³/mol. The van der Waals surface area contributed by atoms with Crippen LogP contribution in [0.4, 0.5) is 5.69 Å². The van der Waals surface area contributed by atoms with Gasteiger partial charge in [-0.2, -0.15) is 0 Å². The van der Waals surface area contributed by atoms with Crippen molar-refractivity contribution in [1.29, 1.82) is 0 Å². The van der Waals surface area contributed by atoms with Gasteiger partial charge in [0.15, 0.2) is 5.65 Å². The smallest absolute Gasteiger partial charge is 0.270 e. The van der Waals surface area contributed by atoms with Gasteiger partial charge in [-0.25, -0.2) is 9.97 Å². The first kappa shape index (κ1) is 13.5. The van der Waals surface area contributed by atoms with E-state index in [-0.39, 0.29) is 5.69 Å².